The van der Waals surface area contributed by atoms with Gasteiger partial charge in [0.15, 0.2) is 0 Å². The molecule has 0 atom stereocenters. The number of hydrogen-bond donors (Lipinski definition) is 5. The predicted octanol–water partition coefficient (Wildman–Crippen LogP) is 38.2. The first-order valence-corrected chi connectivity index (χ1v) is 51.0. The predicted molar refractivity (Wildman–Crippen MR) is 628 cm³/mol. The van der Waals surface area contributed by atoms with Crippen LogP contribution in [0.1, 0.15) is 160 Å². The van der Waals surface area contributed by atoms with Crippen molar-refractivity contribution >= 4 is 359 Å². The number of thiocarbonyl (C=S) groups is 1. The largest absolute Gasteiger partial charge is 1.00 e. The van der Waals surface area contributed by atoms with Gasteiger partial charge < -0.3 is 27.6 Å². The fourth-order valence-corrected chi connectivity index (χ4v) is 15.4. The second-order valence-corrected chi connectivity index (χ2v) is 42.6. The van der Waals surface area contributed by atoms with Gasteiger partial charge in [0.05, 0.1) is 94.7 Å². The number of halogens is 24. The van der Waals surface area contributed by atoms with E-state index in [-0.39, 0.29) is 143 Å². The van der Waals surface area contributed by atoms with E-state index in [1.807, 2.05) is 142 Å². The van der Waals surface area contributed by atoms with Gasteiger partial charge in [-0.3, -0.25) is 19.7 Å². The maximum Gasteiger partial charge on any atom is 1.00 e. The van der Waals surface area contributed by atoms with Crippen LogP contribution < -0.4 is 45.9 Å². The summed E-state index contributed by atoms with van der Waals surface area (Å²) in [5, 5.41) is 26.4. The van der Waals surface area contributed by atoms with Gasteiger partial charge in [-0.05, 0) is 236 Å². The van der Waals surface area contributed by atoms with Crippen molar-refractivity contribution in [2.75, 3.05) is 36.6 Å². The van der Waals surface area contributed by atoms with Crippen LogP contribution in [0.25, 0.3) is 20.4 Å². The van der Waals surface area contributed by atoms with Crippen molar-refractivity contribution < 1.29 is 82.5 Å². The van der Waals surface area contributed by atoms with E-state index in [1.165, 1.54) is 103 Å². The number of aryl methyl sites for hydroxylation is 2. The molecule has 3 heterocycles. The average molecular weight is 2780 g/mol. The average Bonchev–Trinajstić information content (AvgIpc) is 1.68. The van der Waals surface area contributed by atoms with Crippen LogP contribution in [-0.4, -0.2) is 66.1 Å². The Labute approximate surface area is 970 Å². The maximum absolute atomic E-state index is 13.7. The Kier molecular flexibility index (Phi) is 87.0. The standard InChI is InChI=1S/C19H12BrClFN.C13H11N.C9H8BrClFNO.C9H8BrClFNS.C9H7BrFNS.C9H8FNOS.C6H2Br2ClF.C6H4BrClFN.C4H8O.C3H5ClO.C2H6.CH4NP.6CH4.BBr3.ClH.Na.H/c20-16-11-15(22)12-17(18(16)21)23-19(13-7-3-1-4-8-13)14-9-5-2-6-10-14;14-13(11-7-3-1-4-8-11)12-9-5-2-6-10-12;2*1-2-8(14)13-7-4-5(12)3-6(10)9(7)11;1-2-8-12-7-4-5(11)3-6(10)9(7)13-8;1-2-8-11-6-3-5(10)4-7(12)9(6)13-8;7-4-1-3(10)2-5(8)6(4)9;7-4-1-3(9)2-5(10)6(4)8;1-2-4-5-3-1;1-2-3(4)5;1-2;1-2-3;;;;;;;2-1(3)4;;;/h1-12H;1-10,14H;2*3-4H,2H2,1H3,(H,13,14);3-4H,2H2,1H3;3-4,12H,2H2,1H3;1-2H;1-2H,10H2;1-4H2;2H2,1H3;1-2H3;3H,1H3;6*1H4;;1H;;/q;;;;;;;;;;;;;;;;;;;;+1;-1/i;;;;;;;;;;1D;;;;;;;;;;;. The molecular weight excluding hydrogens is 2670 g/mol. The van der Waals surface area contributed by atoms with Crippen LogP contribution in [0.3, 0.4) is 0 Å². The maximum atomic E-state index is 13.7. The number of anilines is 3. The Morgan fingerprint density at radius 1 is 0.522 bits per heavy atom. The molecule has 0 spiro atoms. The fraction of sp³-hybridized carbons (Fsp3) is 0.240. The first kappa shape index (κ1) is 145. The van der Waals surface area contributed by atoms with E-state index in [2.05, 4.69) is 198 Å². The number of aromatic hydroxyl groups is 1. The molecule has 138 heavy (non-hydrogen) atoms. The summed E-state index contributed by atoms with van der Waals surface area (Å²) >= 11 is 73.5. The van der Waals surface area contributed by atoms with Gasteiger partial charge in [-0.25, -0.2) is 45.7 Å². The van der Waals surface area contributed by atoms with Crippen molar-refractivity contribution in [3.63, 3.8) is 0 Å². The number of hydrogen-bond acceptors (Lipinski definition) is 13. The molecule has 1 aliphatic heterocycles. The van der Waals surface area contributed by atoms with Crippen LogP contribution in [0.5, 0.6) is 5.75 Å². The van der Waals surface area contributed by atoms with E-state index in [4.69, 9.17) is 99.1 Å². The molecular formula is C96H109BBr10Cl7F7N8NaO4PS3. The zero-order valence-corrected chi connectivity index (χ0v) is 97.8. The van der Waals surface area contributed by atoms with Crippen molar-refractivity contribution in [2.24, 2.45) is 9.74 Å². The van der Waals surface area contributed by atoms with Crippen molar-refractivity contribution in [2.45, 2.75) is 138 Å². The monoisotopic (exact) mass is 2770 g/mol. The summed E-state index contributed by atoms with van der Waals surface area (Å²) < 4.78 is 111. The number of aromatic nitrogens is 2. The SMILES string of the molecule is BrB(Br)Br.C.C.C.C.C.C.C1CCOC1.CCC(=O)Cl.CCC(=O)Nc1cc(F)cc(Br)c1Cl.CCC(=S)Nc1cc(F)cc(Br)c1Cl.CCc1nc2cc(F)cc(Br)c2s1.CCc1nc2cc(F)cc(O)c2s1.CN=P.Cl.Fc1cc(Br)c(Cl)c(Br)c1.Fc1cc(Br)c(Cl)c(N=C(c2ccccc2)c2ccccc2)c1.N=C(c1ccccc1)c1ccccc1.Nc1cc(F)cc(Br)c1Cl.[2H]CC.[H-].[Na+]. The van der Waals surface area contributed by atoms with Gasteiger partial charge in [-0.2, -0.15) is 0 Å². The molecule has 2 aromatic heterocycles. The number of ether oxygens (including phenoxy) is 1. The summed E-state index contributed by atoms with van der Waals surface area (Å²) in [5.74, 6) is -2.82. The normalized spacial score (nSPS) is 9.83. The molecule has 1 fully saturated rings. The van der Waals surface area contributed by atoms with Crippen LogP contribution in [0.4, 0.5) is 53.5 Å². The van der Waals surface area contributed by atoms with Gasteiger partial charge in [0.2, 0.25) is 11.1 Å². The van der Waals surface area contributed by atoms with E-state index in [0.717, 1.165) is 84.8 Å². The molecule has 0 radical (unpaired) electrons. The number of nitrogens with two attached hydrogens (primary N) is 1. The number of carbonyl (C=O) groups excluding carboxylic acids is 2. The minimum absolute atomic E-state index is 0. The van der Waals surface area contributed by atoms with Crippen molar-refractivity contribution in [1.29, 1.82) is 5.41 Å². The molecule has 1 saturated heterocycles. The molecule has 0 bridgehead atoms. The number of fused-ring (bicyclic) bond motifs is 2. The third-order valence-corrected chi connectivity index (χ3v) is 26.4. The molecule has 1 amide bonds. The molecule has 13 aromatic rings. The molecule has 0 aliphatic carbocycles. The molecule has 0 unspecified atom stereocenters. The quantitative estimate of drug-likeness (QED) is 0.00913. The smallest absolute Gasteiger partial charge is 1.00 e. The van der Waals surface area contributed by atoms with Gasteiger partial charge in [0, 0.05) is 101 Å². The number of carbonyl (C=O) groups is 2. The minimum Gasteiger partial charge on any atom is -1.00 e. The number of nitrogen functional groups attached to an aromatic ring is 1. The molecule has 6 N–H and O–H groups in total. The molecule has 14 rings (SSSR count). The zero-order valence-electron chi connectivity index (χ0n) is 73.1. The third kappa shape index (κ3) is 57.7. The second kappa shape index (κ2) is 82.7. The van der Waals surface area contributed by atoms with E-state index in [0.29, 0.717) is 110 Å². The van der Waals surface area contributed by atoms with Gasteiger partial charge >= 0.3 is 32.7 Å². The summed E-state index contributed by atoms with van der Waals surface area (Å²) in [6.45, 7) is 13.7. The van der Waals surface area contributed by atoms with E-state index < -0.39 is 17.5 Å². The fourth-order valence-electron chi connectivity index (χ4n) is 9.33. The number of phenols is 1. The molecule has 42 heteroatoms. The Morgan fingerprint density at radius 2 is 0.826 bits per heavy atom. The van der Waals surface area contributed by atoms with Crippen LogP contribution in [0.2, 0.25) is 25.1 Å². The number of phenolic OH excluding ortho intramolecular Hbond substituents is 1. The van der Waals surface area contributed by atoms with Gasteiger partial charge in [0.1, 0.15) is 46.5 Å². The summed E-state index contributed by atoms with van der Waals surface area (Å²) in [5.41, 5.74) is 13.1. The van der Waals surface area contributed by atoms with Crippen LogP contribution >= 0.6 is 285 Å². The van der Waals surface area contributed by atoms with Gasteiger partial charge in [0.25, 0.3) is 0 Å². The van der Waals surface area contributed by atoms with Crippen LogP contribution in [0, 0.1) is 46.1 Å². The van der Waals surface area contributed by atoms with Crippen molar-refractivity contribution in [3.8, 4) is 5.75 Å². The number of thiazole rings is 2. The summed E-state index contributed by atoms with van der Waals surface area (Å²) in [7, 11) is 4.47. The number of nitrogens with one attached hydrogen (secondary N) is 3. The Morgan fingerprint density at radius 3 is 1.17 bits per heavy atom. The van der Waals surface area contributed by atoms with Crippen molar-refractivity contribution in [3.05, 3.63) is 336 Å². The molecule has 752 valence electrons. The zero-order chi connectivity index (χ0) is 98.6. The minimum atomic E-state index is -0.451. The van der Waals surface area contributed by atoms with Crippen LogP contribution in [-0.2, 0) is 27.2 Å². The Bertz CT molecular complexity index is 5480. The van der Waals surface area contributed by atoms with E-state index in [9.17, 15) is 45.4 Å². The van der Waals surface area contributed by atoms with Crippen molar-refractivity contribution in [1.82, 2.24) is 9.97 Å². The van der Waals surface area contributed by atoms with E-state index in [1.54, 1.807) is 39.2 Å². The third-order valence-electron chi connectivity index (χ3n) is 15.2. The number of rotatable bonds is 12. The number of amides is 1. The Balaban J connectivity index is -0.000000230. The first-order chi connectivity index (χ1) is 62.1. The van der Waals surface area contributed by atoms with Gasteiger partial charge in [-0.15, -0.1) is 82.4 Å². The van der Waals surface area contributed by atoms with E-state index >= 15 is 0 Å². The number of benzene rings is 11. The molecule has 0 saturated carbocycles. The molecule has 11 aromatic carbocycles. The number of nitrogens with zero attached hydrogens (tertiary/aromatic N) is 4. The topological polar surface area (TPSA) is 188 Å². The summed E-state index contributed by atoms with van der Waals surface area (Å²) in [6, 6.07) is 57.2. The Hall–Kier alpha value is -3.37. The summed E-state index contributed by atoms with van der Waals surface area (Å²) in [4.78, 5) is 34.4. The first-order valence-electron chi connectivity index (χ1n) is 38.7. The second-order valence-electron chi connectivity index (χ2n) is 24.7. The summed E-state index contributed by atoms with van der Waals surface area (Å²) in [6.07, 6.45) is 5.71. The molecule has 12 nitrogen and oxygen atoms in total. The van der Waals surface area contributed by atoms with Gasteiger partial charge in [-0.1, -0.05) is 285 Å². The molecule has 1 aliphatic rings. The number of aliphatic imine (C=N–C) groups is 1. The van der Waals surface area contributed by atoms with Crippen LogP contribution in [0.15, 0.2) is 247 Å².